The molecule has 1 aromatic rings. The SMILES string of the molecule is CNCc1cc(CN2CCC(C)(C)CC2)on1. The lowest BCUT2D eigenvalue weighted by atomic mass is 9.83. The largest absolute Gasteiger partial charge is 0.360 e. The molecule has 0 saturated carbocycles. The summed E-state index contributed by atoms with van der Waals surface area (Å²) in [4.78, 5) is 2.45. The highest BCUT2D eigenvalue weighted by Crippen LogP contribution is 2.30. The standard InChI is InChI=1S/C13H23N3O/c1-13(2)4-6-16(7-5-13)10-12-8-11(9-14-3)15-17-12/h8,14H,4-7,9-10H2,1-3H3. The van der Waals surface area contributed by atoms with Crippen molar-refractivity contribution in [2.75, 3.05) is 20.1 Å². The fourth-order valence-corrected chi connectivity index (χ4v) is 2.23. The second-order valence-corrected chi connectivity index (χ2v) is 5.76. The van der Waals surface area contributed by atoms with Crippen molar-refractivity contribution >= 4 is 0 Å². The summed E-state index contributed by atoms with van der Waals surface area (Å²) in [6.45, 7) is 8.70. The first-order valence-electron chi connectivity index (χ1n) is 6.40. The molecule has 1 saturated heterocycles. The smallest absolute Gasteiger partial charge is 0.151 e. The molecule has 4 nitrogen and oxygen atoms in total. The Kier molecular flexibility index (Phi) is 3.84. The van der Waals surface area contributed by atoms with E-state index < -0.39 is 0 Å². The average Bonchev–Trinajstić information content (AvgIpc) is 2.70. The maximum absolute atomic E-state index is 5.34. The predicted molar refractivity (Wildman–Crippen MR) is 67.6 cm³/mol. The highest BCUT2D eigenvalue weighted by Gasteiger charge is 2.25. The van der Waals surface area contributed by atoms with Crippen LogP contribution in [0.25, 0.3) is 0 Å². The van der Waals surface area contributed by atoms with Crippen molar-refractivity contribution in [3.05, 3.63) is 17.5 Å². The Morgan fingerprint density at radius 3 is 2.76 bits per heavy atom. The predicted octanol–water partition coefficient (Wildman–Crippen LogP) is 2.02. The minimum Gasteiger partial charge on any atom is -0.360 e. The van der Waals surface area contributed by atoms with Crippen molar-refractivity contribution < 1.29 is 4.52 Å². The maximum atomic E-state index is 5.34. The van der Waals surface area contributed by atoms with Crippen LogP contribution in [0.3, 0.4) is 0 Å². The second-order valence-electron chi connectivity index (χ2n) is 5.76. The van der Waals surface area contributed by atoms with Crippen LogP contribution < -0.4 is 5.32 Å². The molecule has 1 aliphatic rings. The van der Waals surface area contributed by atoms with Gasteiger partial charge in [-0.15, -0.1) is 0 Å². The lowest BCUT2D eigenvalue weighted by molar-refractivity contribution is 0.117. The lowest BCUT2D eigenvalue weighted by Crippen LogP contribution is -2.36. The molecule has 0 aromatic carbocycles. The van der Waals surface area contributed by atoms with Crippen LogP contribution in [-0.4, -0.2) is 30.2 Å². The van der Waals surface area contributed by atoms with Crippen molar-refractivity contribution in [2.24, 2.45) is 5.41 Å². The molecule has 2 rings (SSSR count). The molecular weight excluding hydrogens is 214 g/mol. The van der Waals surface area contributed by atoms with Gasteiger partial charge in [-0.1, -0.05) is 19.0 Å². The molecule has 96 valence electrons. The average molecular weight is 237 g/mol. The van der Waals surface area contributed by atoms with Crippen molar-refractivity contribution in [1.29, 1.82) is 0 Å². The molecule has 0 spiro atoms. The molecule has 2 heterocycles. The first-order chi connectivity index (χ1) is 8.09. The lowest BCUT2D eigenvalue weighted by Gasteiger charge is -2.36. The molecule has 1 aromatic heterocycles. The zero-order chi connectivity index (χ0) is 12.3. The van der Waals surface area contributed by atoms with Crippen molar-refractivity contribution in [3.8, 4) is 0 Å². The van der Waals surface area contributed by atoms with Gasteiger partial charge in [-0.3, -0.25) is 4.90 Å². The summed E-state index contributed by atoms with van der Waals surface area (Å²) in [7, 11) is 1.92. The van der Waals surface area contributed by atoms with Crippen LogP contribution in [0, 0.1) is 5.41 Å². The minimum absolute atomic E-state index is 0.509. The van der Waals surface area contributed by atoms with Gasteiger partial charge in [0.2, 0.25) is 0 Å². The maximum Gasteiger partial charge on any atom is 0.151 e. The number of likely N-dealkylation sites (tertiary alicyclic amines) is 1. The molecule has 0 radical (unpaired) electrons. The van der Waals surface area contributed by atoms with Crippen LogP contribution in [0.15, 0.2) is 10.6 Å². The molecule has 1 N–H and O–H groups in total. The van der Waals surface area contributed by atoms with E-state index in [9.17, 15) is 0 Å². The molecular formula is C13H23N3O. The number of nitrogens with zero attached hydrogens (tertiary/aromatic N) is 2. The number of piperidine rings is 1. The summed E-state index contributed by atoms with van der Waals surface area (Å²) in [5.74, 6) is 0.981. The van der Waals surface area contributed by atoms with Gasteiger partial charge >= 0.3 is 0 Å². The third-order valence-corrected chi connectivity index (χ3v) is 3.55. The second kappa shape index (κ2) is 5.19. The summed E-state index contributed by atoms with van der Waals surface area (Å²) in [5.41, 5.74) is 1.50. The molecule has 0 atom stereocenters. The summed E-state index contributed by atoms with van der Waals surface area (Å²) >= 11 is 0. The molecule has 0 unspecified atom stereocenters. The van der Waals surface area contributed by atoms with Gasteiger partial charge in [0.05, 0.1) is 12.2 Å². The molecule has 0 amide bonds. The third kappa shape index (κ3) is 3.54. The van der Waals surface area contributed by atoms with Gasteiger partial charge in [0, 0.05) is 12.6 Å². The quantitative estimate of drug-likeness (QED) is 0.870. The summed E-state index contributed by atoms with van der Waals surface area (Å²) in [6.07, 6.45) is 2.54. The third-order valence-electron chi connectivity index (χ3n) is 3.55. The summed E-state index contributed by atoms with van der Waals surface area (Å²) < 4.78 is 5.34. The number of aromatic nitrogens is 1. The van der Waals surface area contributed by atoms with E-state index in [4.69, 9.17) is 4.52 Å². The van der Waals surface area contributed by atoms with E-state index in [1.165, 1.54) is 12.8 Å². The van der Waals surface area contributed by atoms with E-state index in [1.54, 1.807) is 0 Å². The van der Waals surface area contributed by atoms with E-state index in [0.29, 0.717) is 5.41 Å². The van der Waals surface area contributed by atoms with Crippen molar-refractivity contribution in [3.63, 3.8) is 0 Å². The van der Waals surface area contributed by atoms with Crippen LogP contribution in [0.1, 0.15) is 38.1 Å². The first kappa shape index (κ1) is 12.6. The van der Waals surface area contributed by atoms with E-state index >= 15 is 0 Å². The van der Waals surface area contributed by atoms with Crippen molar-refractivity contribution in [2.45, 2.75) is 39.8 Å². The van der Waals surface area contributed by atoms with E-state index in [2.05, 4.69) is 35.3 Å². The Morgan fingerprint density at radius 2 is 2.12 bits per heavy atom. The Labute approximate surface area is 103 Å². The topological polar surface area (TPSA) is 41.3 Å². The molecule has 0 aliphatic carbocycles. The number of hydrogen-bond donors (Lipinski definition) is 1. The molecule has 0 bridgehead atoms. The van der Waals surface area contributed by atoms with Gasteiger partial charge in [-0.25, -0.2) is 0 Å². The number of nitrogens with one attached hydrogen (secondary N) is 1. The van der Waals surface area contributed by atoms with Crippen LogP contribution in [0.4, 0.5) is 0 Å². The molecule has 4 heteroatoms. The Morgan fingerprint density at radius 1 is 1.41 bits per heavy atom. The highest BCUT2D eigenvalue weighted by molar-refractivity contribution is 5.05. The fourth-order valence-electron chi connectivity index (χ4n) is 2.23. The summed E-state index contributed by atoms with van der Waals surface area (Å²) in [6, 6.07) is 2.05. The van der Waals surface area contributed by atoms with Crippen LogP contribution >= 0.6 is 0 Å². The Balaban J connectivity index is 1.84. The Hall–Kier alpha value is -0.870. The molecule has 1 aliphatic heterocycles. The monoisotopic (exact) mass is 237 g/mol. The number of rotatable bonds is 4. The highest BCUT2D eigenvalue weighted by atomic mass is 16.5. The van der Waals surface area contributed by atoms with E-state index in [1.807, 2.05) is 7.05 Å². The minimum atomic E-state index is 0.509. The van der Waals surface area contributed by atoms with E-state index in [-0.39, 0.29) is 0 Å². The molecule has 17 heavy (non-hydrogen) atoms. The van der Waals surface area contributed by atoms with Crippen LogP contribution in [-0.2, 0) is 13.1 Å². The van der Waals surface area contributed by atoms with Crippen molar-refractivity contribution in [1.82, 2.24) is 15.4 Å². The normalized spacial score (nSPS) is 20.6. The summed E-state index contributed by atoms with van der Waals surface area (Å²) in [5, 5.41) is 7.11. The van der Waals surface area contributed by atoms with Gasteiger partial charge in [0.15, 0.2) is 5.76 Å². The van der Waals surface area contributed by atoms with Crippen LogP contribution in [0.2, 0.25) is 0 Å². The Bertz CT molecular complexity index is 349. The number of hydrogen-bond acceptors (Lipinski definition) is 4. The fraction of sp³-hybridized carbons (Fsp3) is 0.769. The van der Waals surface area contributed by atoms with Gasteiger partial charge in [-0.05, 0) is 38.4 Å². The first-order valence-corrected chi connectivity index (χ1v) is 6.40. The molecule has 1 fully saturated rings. The van der Waals surface area contributed by atoms with Gasteiger partial charge in [-0.2, -0.15) is 0 Å². The van der Waals surface area contributed by atoms with E-state index in [0.717, 1.165) is 37.6 Å². The zero-order valence-corrected chi connectivity index (χ0v) is 11.1. The van der Waals surface area contributed by atoms with Gasteiger partial charge in [0.25, 0.3) is 0 Å². The van der Waals surface area contributed by atoms with Gasteiger partial charge in [0.1, 0.15) is 0 Å². The zero-order valence-electron chi connectivity index (χ0n) is 11.1. The van der Waals surface area contributed by atoms with Gasteiger partial charge < -0.3 is 9.84 Å². The van der Waals surface area contributed by atoms with Crippen LogP contribution in [0.5, 0.6) is 0 Å².